The second kappa shape index (κ2) is 47.9. The fourth-order valence-electron chi connectivity index (χ4n) is 8.61. The van der Waals surface area contributed by atoms with Crippen LogP contribution >= 0.6 is 0 Å². The van der Waals surface area contributed by atoms with Crippen molar-refractivity contribution in [1.29, 1.82) is 0 Å². The first kappa shape index (κ1) is 57.9. The van der Waals surface area contributed by atoms with Gasteiger partial charge in [-0.3, -0.25) is 9.59 Å². The van der Waals surface area contributed by atoms with Crippen molar-refractivity contribution < 1.29 is 24.5 Å². The maximum atomic E-state index is 13.2. The van der Waals surface area contributed by atoms with E-state index < -0.39 is 18.2 Å². The van der Waals surface area contributed by atoms with Gasteiger partial charge in [0.1, 0.15) is 6.10 Å². The molecule has 0 aliphatic heterocycles. The molecule has 0 aromatic heterocycles. The first-order valence-electron chi connectivity index (χ1n) is 26.8. The molecule has 0 saturated heterocycles. The molecule has 352 valence electrons. The van der Waals surface area contributed by atoms with Gasteiger partial charge >= 0.3 is 5.97 Å². The third-order valence-corrected chi connectivity index (χ3v) is 12.7. The number of hydrogen-bond acceptors (Lipinski definition) is 5. The monoisotopic (exact) mass is 836 g/mol. The van der Waals surface area contributed by atoms with Crippen LogP contribution in [0.25, 0.3) is 0 Å². The largest absolute Gasteiger partial charge is 0.462 e. The second-order valence-electron chi connectivity index (χ2n) is 18.6. The Bertz CT molecular complexity index is 852. The zero-order valence-corrected chi connectivity index (χ0v) is 40.2. The highest BCUT2D eigenvalue weighted by atomic mass is 16.5. The Labute approximate surface area is 368 Å². The quantitative estimate of drug-likeness (QED) is 0.0419. The van der Waals surface area contributed by atoms with Gasteiger partial charge in [-0.2, -0.15) is 0 Å². The number of nitrogens with one attached hydrogen (secondary N) is 1. The molecule has 1 amide bonds. The topological polar surface area (TPSA) is 95.9 Å². The van der Waals surface area contributed by atoms with Crippen molar-refractivity contribution in [3.8, 4) is 0 Å². The molecule has 0 aromatic carbocycles. The summed E-state index contributed by atoms with van der Waals surface area (Å²) in [6.07, 6.45) is 51.6. The first-order valence-corrected chi connectivity index (χ1v) is 26.8. The van der Waals surface area contributed by atoms with Crippen molar-refractivity contribution in [2.45, 2.75) is 322 Å². The van der Waals surface area contributed by atoms with Crippen LogP contribution in [-0.2, 0) is 14.3 Å². The summed E-state index contributed by atoms with van der Waals surface area (Å²) in [5, 5.41) is 23.7. The molecular weight excluding hydrogens is 731 g/mol. The summed E-state index contributed by atoms with van der Waals surface area (Å²) in [5.74, 6) is -0.449. The lowest BCUT2D eigenvalue weighted by atomic mass is 10.0. The Kier molecular flexibility index (Phi) is 47.0. The lowest BCUT2D eigenvalue weighted by Crippen LogP contribution is -2.46. The molecule has 0 radical (unpaired) electrons. The zero-order chi connectivity index (χ0) is 43.1. The summed E-state index contributed by atoms with van der Waals surface area (Å²) < 4.78 is 5.95. The van der Waals surface area contributed by atoms with E-state index in [1.165, 1.54) is 218 Å². The average Bonchev–Trinajstić information content (AvgIpc) is 3.23. The Hall–Kier alpha value is -1.14. The Morgan fingerprint density at radius 3 is 1.03 bits per heavy atom. The van der Waals surface area contributed by atoms with Crippen LogP contribution in [-0.4, -0.2) is 46.9 Å². The van der Waals surface area contributed by atoms with Crippen LogP contribution in [0.5, 0.6) is 0 Å². The Balaban J connectivity index is 4.50. The average molecular weight is 836 g/mol. The van der Waals surface area contributed by atoms with E-state index in [2.05, 4.69) is 26.1 Å². The molecule has 0 heterocycles. The molecule has 3 unspecified atom stereocenters. The second-order valence-corrected chi connectivity index (χ2v) is 18.6. The van der Waals surface area contributed by atoms with Gasteiger partial charge in [0.2, 0.25) is 5.91 Å². The van der Waals surface area contributed by atoms with Crippen LogP contribution in [0.4, 0.5) is 0 Å². The lowest BCUT2D eigenvalue weighted by Gasteiger charge is -2.24. The van der Waals surface area contributed by atoms with Crippen LogP contribution in [0.3, 0.4) is 0 Å². The number of aliphatic hydroxyl groups is 2. The minimum absolute atomic E-state index is 0.0880. The summed E-state index contributed by atoms with van der Waals surface area (Å²) in [4.78, 5) is 26.1. The predicted molar refractivity (Wildman–Crippen MR) is 255 cm³/mol. The lowest BCUT2D eigenvalue weighted by molar-refractivity contribution is -0.151. The van der Waals surface area contributed by atoms with Gasteiger partial charge in [-0.15, -0.1) is 0 Å². The summed E-state index contributed by atoms with van der Waals surface area (Å²) in [6.45, 7) is 6.51. The van der Waals surface area contributed by atoms with Crippen molar-refractivity contribution >= 4 is 11.9 Å². The van der Waals surface area contributed by atoms with Gasteiger partial charge in [-0.05, 0) is 25.7 Å². The van der Waals surface area contributed by atoms with Gasteiger partial charge in [-0.1, -0.05) is 265 Å². The van der Waals surface area contributed by atoms with Crippen LogP contribution < -0.4 is 5.32 Å². The molecule has 0 bridgehead atoms. The normalized spacial score (nSPS) is 13.1. The van der Waals surface area contributed by atoms with Gasteiger partial charge in [0.15, 0.2) is 0 Å². The predicted octanol–water partition coefficient (Wildman–Crippen LogP) is 16.0. The molecule has 3 N–H and O–H groups in total. The van der Waals surface area contributed by atoms with Gasteiger partial charge < -0.3 is 20.3 Å². The molecule has 6 nitrogen and oxygen atoms in total. The molecule has 0 aromatic rings. The molecule has 0 fully saturated rings. The summed E-state index contributed by atoms with van der Waals surface area (Å²) in [5.41, 5.74) is 0. The maximum absolute atomic E-state index is 13.2. The van der Waals surface area contributed by atoms with Crippen molar-refractivity contribution in [2.75, 3.05) is 6.61 Å². The number of carbonyl (C=O) groups is 2. The van der Waals surface area contributed by atoms with Crippen molar-refractivity contribution in [3.63, 3.8) is 0 Å². The van der Waals surface area contributed by atoms with Crippen molar-refractivity contribution in [2.24, 2.45) is 0 Å². The van der Waals surface area contributed by atoms with E-state index in [9.17, 15) is 19.8 Å². The minimum atomic E-state index is -0.778. The number of unbranched alkanes of at least 4 members (excludes halogenated alkanes) is 37. The van der Waals surface area contributed by atoms with E-state index in [4.69, 9.17) is 4.74 Å². The highest BCUT2D eigenvalue weighted by Gasteiger charge is 2.24. The highest BCUT2D eigenvalue weighted by molar-refractivity contribution is 5.77. The molecule has 6 heteroatoms. The number of ether oxygens (including phenoxy) is 1. The van der Waals surface area contributed by atoms with Crippen molar-refractivity contribution in [3.05, 3.63) is 0 Å². The first-order chi connectivity index (χ1) is 29.0. The van der Waals surface area contributed by atoms with Crippen LogP contribution in [0.2, 0.25) is 0 Å². The van der Waals surface area contributed by atoms with Gasteiger partial charge in [0.25, 0.3) is 0 Å². The van der Waals surface area contributed by atoms with E-state index in [0.717, 1.165) is 38.5 Å². The summed E-state index contributed by atoms with van der Waals surface area (Å²) in [7, 11) is 0. The number of carbonyl (C=O) groups excluding carboxylic acids is 2. The SMILES string of the molecule is CCCCCCCCCCCCCCCCCC(=O)OC(CCCCCCCCCCCCCCCCC)CC(=O)NC(CO)C(O)CCCCCCCCCCCC. The summed E-state index contributed by atoms with van der Waals surface area (Å²) in [6, 6.07) is -0.691. The highest BCUT2D eigenvalue weighted by Crippen LogP contribution is 2.19. The van der Waals surface area contributed by atoms with Gasteiger partial charge in [0, 0.05) is 6.42 Å². The number of esters is 1. The number of amides is 1. The molecule has 59 heavy (non-hydrogen) atoms. The zero-order valence-electron chi connectivity index (χ0n) is 40.2. The molecule has 0 aliphatic rings. The van der Waals surface area contributed by atoms with Gasteiger partial charge in [0.05, 0.1) is 25.2 Å². The van der Waals surface area contributed by atoms with E-state index in [1.807, 2.05) is 0 Å². The van der Waals surface area contributed by atoms with Crippen LogP contribution in [0.15, 0.2) is 0 Å². The molecule has 3 atom stereocenters. The number of rotatable bonds is 49. The minimum Gasteiger partial charge on any atom is -0.462 e. The van der Waals surface area contributed by atoms with E-state index in [0.29, 0.717) is 19.3 Å². The number of hydrogen-bond donors (Lipinski definition) is 3. The van der Waals surface area contributed by atoms with E-state index in [1.54, 1.807) is 0 Å². The smallest absolute Gasteiger partial charge is 0.306 e. The molecule has 0 aliphatic carbocycles. The standard InChI is InChI=1S/C53H105NO5/c1-4-7-10-13-16-19-22-24-26-28-30-32-35-38-41-44-49(59-53(58)46-43-40-37-34-31-29-27-25-23-20-17-14-11-8-5-2)47-52(57)54-50(48-55)51(56)45-42-39-36-33-21-18-15-12-9-6-3/h49-51,55-56H,4-48H2,1-3H3,(H,54,57). The third kappa shape index (κ3) is 43.3. The molecule has 0 saturated carbocycles. The summed E-state index contributed by atoms with van der Waals surface area (Å²) >= 11 is 0. The fourth-order valence-corrected chi connectivity index (χ4v) is 8.61. The van der Waals surface area contributed by atoms with E-state index in [-0.39, 0.29) is 24.9 Å². The Morgan fingerprint density at radius 1 is 0.424 bits per heavy atom. The molecule has 0 rings (SSSR count). The van der Waals surface area contributed by atoms with Crippen molar-refractivity contribution in [1.82, 2.24) is 5.32 Å². The molecule has 0 spiro atoms. The fraction of sp³-hybridized carbons (Fsp3) is 0.962. The Morgan fingerprint density at radius 2 is 0.712 bits per heavy atom. The molecular formula is C53H105NO5. The maximum Gasteiger partial charge on any atom is 0.306 e. The van der Waals surface area contributed by atoms with Gasteiger partial charge in [-0.25, -0.2) is 0 Å². The van der Waals surface area contributed by atoms with E-state index >= 15 is 0 Å². The third-order valence-electron chi connectivity index (χ3n) is 12.7. The number of aliphatic hydroxyl groups excluding tert-OH is 2. The van der Waals surface area contributed by atoms with Crippen LogP contribution in [0, 0.1) is 0 Å². The van der Waals surface area contributed by atoms with Crippen LogP contribution in [0.1, 0.15) is 303 Å².